The monoisotopic (exact) mass is 270 g/mol. The van der Waals surface area contributed by atoms with Crippen LogP contribution >= 0.6 is 0 Å². The molecule has 19 heavy (non-hydrogen) atoms. The van der Waals surface area contributed by atoms with Gasteiger partial charge in [-0.15, -0.1) is 0 Å². The van der Waals surface area contributed by atoms with E-state index in [1.807, 2.05) is 0 Å². The van der Waals surface area contributed by atoms with Gasteiger partial charge in [0.05, 0.1) is 6.54 Å². The molecule has 0 aliphatic heterocycles. The van der Waals surface area contributed by atoms with Crippen LogP contribution in [0.5, 0.6) is 0 Å². The third-order valence-corrected chi connectivity index (χ3v) is 2.05. The van der Waals surface area contributed by atoms with Crippen molar-refractivity contribution < 1.29 is 18.4 Å². The van der Waals surface area contributed by atoms with Crippen molar-refractivity contribution in [1.82, 2.24) is 10.6 Å². The summed E-state index contributed by atoms with van der Waals surface area (Å²) < 4.78 is 25.8. The molecule has 0 bridgehead atoms. The summed E-state index contributed by atoms with van der Waals surface area (Å²) in [7, 11) is 0. The van der Waals surface area contributed by atoms with Gasteiger partial charge in [-0.3, -0.25) is 9.59 Å². The Morgan fingerprint density at radius 3 is 2.11 bits per heavy atom. The maximum Gasteiger partial charge on any atom is 0.251 e. The number of amides is 2. The lowest BCUT2D eigenvalue weighted by Crippen LogP contribution is -2.45. The molecule has 6 heteroatoms. The van der Waals surface area contributed by atoms with E-state index >= 15 is 0 Å². The largest absolute Gasteiger partial charge is 0.350 e. The van der Waals surface area contributed by atoms with Gasteiger partial charge in [-0.05, 0) is 32.9 Å². The minimum absolute atomic E-state index is 0.166. The molecule has 0 fully saturated rings. The second kappa shape index (κ2) is 5.77. The quantitative estimate of drug-likeness (QED) is 0.876. The van der Waals surface area contributed by atoms with Crippen LogP contribution in [0.4, 0.5) is 8.78 Å². The van der Waals surface area contributed by atoms with Gasteiger partial charge >= 0.3 is 0 Å². The first-order valence-electron chi connectivity index (χ1n) is 5.73. The van der Waals surface area contributed by atoms with E-state index in [1.165, 1.54) is 0 Å². The smallest absolute Gasteiger partial charge is 0.251 e. The fraction of sp³-hybridized carbons (Fsp3) is 0.385. The predicted molar refractivity (Wildman–Crippen MR) is 66.6 cm³/mol. The van der Waals surface area contributed by atoms with Gasteiger partial charge in [0.25, 0.3) is 5.91 Å². The first kappa shape index (κ1) is 15.1. The summed E-state index contributed by atoms with van der Waals surface area (Å²) >= 11 is 0. The first-order chi connectivity index (χ1) is 8.67. The highest BCUT2D eigenvalue weighted by atomic mass is 19.1. The van der Waals surface area contributed by atoms with Gasteiger partial charge in [0.2, 0.25) is 5.91 Å². The summed E-state index contributed by atoms with van der Waals surface area (Å²) in [5, 5.41) is 4.94. The Balaban J connectivity index is 2.58. The Morgan fingerprint density at radius 2 is 1.63 bits per heavy atom. The maximum atomic E-state index is 12.9. The predicted octanol–water partition coefficient (Wildman–Crippen LogP) is 1.61. The first-order valence-corrected chi connectivity index (χ1v) is 5.73. The average molecular weight is 270 g/mol. The molecule has 0 aliphatic rings. The molecule has 104 valence electrons. The molecule has 0 aliphatic carbocycles. The molecule has 0 aromatic heterocycles. The Kier molecular flexibility index (Phi) is 4.58. The van der Waals surface area contributed by atoms with E-state index < -0.39 is 23.1 Å². The number of halogens is 2. The highest BCUT2D eigenvalue weighted by Crippen LogP contribution is 2.07. The zero-order valence-corrected chi connectivity index (χ0v) is 11.0. The van der Waals surface area contributed by atoms with E-state index in [9.17, 15) is 18.4 Å². The summed E-state index contributed by atoms with van der Waals surface area (Å²) in [5.74, 6) is -2.77. The standard InChI is InChI=1S/C13H16F2N2O2/c1-13(2,3)17-11(18)7-16-12(19)8-4-9(14)6-10(15)5-8/h4-6H,7H2,1-3H3,(H,16,19)(H,17,18). The maximum absolute atomic E-state index is 12.9. The average Bonchev–Trinajstić information content (AvgIpc) is 2.22. The normalized spacial score (nSPS) is 11.0. The Labute approximate surface area is 110 Å². The van der Waals surface area contributed by atoms with Gasteiger partial charge in [0.1, 0.15) is 11.6 Å². The van der Waals surface area contributed by atoms with Gasteiger partial charge in [-0.25, -0.2) is 8.78 Å². The van der Waals surface area contributed by atoms with Gasteiger partial charge < -0.3 is 10.6 Å². The lowest BCUT2D eigenvalue weighted by atomic mass is 10.1. The molecular weight excluding hydrogens is 254 g/mol. The molecule has 1 aromatic carbocycles. The highest BCUT2D eigenvalue weighted by Gasteiger charge is 2.15. The molecule has 0 atom stereocenters. The second-order valence-corrected chi connectivity index (χ2v) is 5.14. The van der Waals surface area contributed by atoms with Crippen molar-refractivity contribution in [3.63, 3.8) is 0 Å². The van der Waals surface area contributed by atoms with Gasteiger partial charge in [-0.1, -0.05) is 0 Å². The Hall–Kier alpha value is -1.98. The summed E-state index contributed by atoms with van der Waals surface area (Å²) in [4.78, 5) is 23.0. The number of benzene rings is 1. The summed E-state index contributed by atoms with van der Waals surface area (Å²) in [5.41, 5.74) is -0.576. The molecule has 2 N–H and O–H groups in total. The lowest BCUT2D eigenvalue weighted by Gasteiger charge is -2.20. The van der Waals surface area contributed by atoms with Crippen molar-refractivity contribution >= 4 is 11.8 Å². The van der Waals surface area contributed by atoms with E-state index in [0.717, 1.165) is 12.1 Å². The van der Waals surface area contributed by atoms with Crippen LogP contribution in [0.25, 0.3) is 0 Å². The molecule has 4 nitrogen and oxygen atoms in total. The van der Waals surface area contributed by atoms with E-state index in [1.54, 1.807) is 20.8 Å². The van der Waals surface area contributed by atoms with Crippen molar-refractivity contribution in [2.24, 2.45) is 0 Å². The Bertz CT molecular complexity index is 476. The zero-order chi connectivity index (χ0) is 14.6. The van der Waals surface area contributed by atoms with Crippen LogP contribution in [0, 0.1) is 11.6 Å². The molecule has 0 heterocycles. The number of rotatable bonds is 3. The van der Waals surface area contributed by atoms with E-state index in [-0.39, 0.29) is 18.0 Å². The lowest BCUT2D eigenvalue weighted by molar-refractivity contribution is -0.121. The topological polar surface area (TPSA) is 58.2 Å². The minimum Gasteiger partial charge on any atom is -0.350 e. The number of hydrogen-bond acceptors (Lipinski definition) is 2. The Morgan fingerprint density at radius 1 is 1.11 bits per heavy atom. The van der Waals surface area contributed by atoms with Crippen molar-refractivity contribution in [3.8, 4) is 0 Å². The van der Waals surface area contributed by atoms with Crippen molar-refractivity contribution in [2.45, 2.75) is 26.3 Å². The number of carbonyl (C=O) groups excluding carboxylic acids is 2. The second-order valence-electron chi connectivity index (χ2n) is 5.14. The summed E-state index contributed by atoms with van der Waals surface area (Å²) in [6.45, 7) is 5.15. The highest BCUT2D eigenvalue weighted by molar-refractivity contribution is 5.96. The van der Waals surface area contributed by atoms with E-state index in [0.29, 0.717) is 6.07 Å². The van der Waals surface area contributed by atoms with Crippen molar-refractivity contribution in [3.05, 3.63) is 35.4 Å². The van der Waals surface area contributed by atoms with Crippen LogP contribution in [-0.4, -0.2) is 23.9 Å². The summed E-state index contributed by atoms with van der Waals surface area (Å²) in [6.07, 6.45) is 0. The molecule has 0 radical (unpaired) electrons. The molecular formula is C13H16F2N2O2. The molecule has 1 aromatic rings. The number of hydrogen-bond donors (Lipinski definition) is 2. The van der Waals surface area contributed by atoms with Crippen molar-refractivity contribution in [1.29, 1.82) is 0 Å². The number of carbonyl (C=O) groups is 2. The zero-order valence-electron chi connectivity index (χ0n) is 11.0. The van der Waals surface area contributed by atoms with Crippen LogP contribution in [0.15, 0.2) is 18.2 Å². The van der Waals surface area contributed by atoms with Gasteiger partial charge in [0, 0.05) is 17.2 Å². The third-order valence-electron chi connectivity index (χ3n) is 2.05. The van der Waals surface area contributed by atoms with Crippen molar-refractivity contribution in [2.75, 3.05) is 6.54 Å². The molecule has 0 saturated heterocycles. The fourth-order valence-corrected chi connectivity index (χ4v) is 1.41. The molecule has 1 rings (SSSR count). The van der Waals surface area contributed by atoms with Crippen LogP contribution in [0.3, 0.4) is 0 Å². The molecule has 0 spiro atoms. The van der Waals surface area contributed by atoms with Gasteiger partial charge in [0.15, 0.2) is 0 Å². The molecule has 0 saturated carbocycles. The van der Waals surface area contributed by atoms with Gasteiger partial charge in [-0.2, -0.15) is 0 Å². The fourth-order valence-electron chi connectivity index (χ4n) is 1.41. The van der Waals surface area contributed by atoms with E-state index in [2.05, 4.69) is 10.6 Å². The van der Waals surface area contributed by atoms with E-state index in [4.69, 9.17) is 0 Å². The SMILES string of the molecule is CC(C)(C)NC(=O)CNC(=O)c1cc(F)cc(F)c1. The van der Waals surface area contributed by atoms with Crippen LogP contribution in [-0.2, 0) is 4.79 Å². The van der Waals surface area contributed by atoms with Crippen LogP contribution in [0.1, 0.15) is 31.1 Å². The molecule has 0 unspecified atom stereocenters. The molecule has 2 amide bonds. The van der Waals surface area contributed by atoms with Crippen LogP contribution in [0.2, 0.25) is 0 Å². The minimum atomic E-state index is -0.843. The third kappa shape index (κ3) is 5.46. The number of nitrogens with one attached hydrogen (secondary N) is 2. The summed E-state index contributed by atoms with van der Waals surface area (Å²) in [6, 6.07) is 2.48. The van der Waals surface area contributed by atoms with Crippen LogP contribution < -0.4 is 10.6 Å².